The van der Waals surface area contributed by atoms with E-state index in [0.29, 0.717) is 31.4 Å². The van der Waals surface area contributed by atoms with Gasteiger partial charge in [-0.1, -0.05) is 31.0 Å². The highest BCUT2D eigenvalue weighted by atomic mass is 16.2. The zero-order valence-corrected chi connectivity index (χ0v) is 18.4. The molecule has 0 bridgehead atoms. The summed E-state index contributed by atoms with van der Waals surface area (Å²) in [4.78, 5) is 27.5. The number of amides is 1. The van der Waals surface area contributed by atoms with E-state index in [1.54, 1.807) is 12.4 Å². The highest BCUT2D eigenvalue weighted by Crippen LogP contribution is 2.26. The lowest BCUT2D eigenvalue weighted by Crippen LogP contribution is -2.42. The number of aromatic nitrogens is 5. The van der Waals surface area contributed by atoms with Gasteiger partial charge < -0.3 is 9.88 Å². The largest absolute Gasteiger partial charge is 0.361 e. The molecule has 7 nitrogen and oxygen atoms in total. The molecule has 7 heteroatoms. The van der Waals surface area contributed by atoms with Gasteiger partial charge in [0.25, 0.3) is 0 Å². The zero-order chi connectivity index (χ0) is 21.9. The fourth-order valence-corrected chi connectivity index (χ4v) is 4.73. The van der Waals surface area contributed by atoms with Crippen molar-refractivity contribution in [1.29, 1.82) is 0 Å². The average molecular weight is 429 g/mol. The van der Waals surface area contributed by atoms with Gasteiger partial charge in [-0.25, -0.2) is 9.67 Å². The molecule has 3 heterocycles. The first-order valence-corrected chi connectivity index (χ1v) is 11.4. The quantitative estimate of drug-likeness (QED) is 0.480. The summed E-state index contributed by atoms with van der Waals surface area (Å²) in [7, 11) is 0. The molecule has 3 aromatic heterocycles. The van der Waals surface area contributed by atoms with E-state index < -0.39 is 0 Å². The van der Waals surface area contributed by atoms with Crippen LogP contribution in [-0.4, -0.2) is 48.1 Å². The van der Waals surface area contributed by atoms with Gasteiger partial charge in [0.2, 0.25) is 5.91 Å². The Hall–Kier alpha value is -3.48. The lowest BCUT2D eigenvalue weighted by Gasteiger charge is -2.29. The minimum atomic E-state index is 0.189. The Kier molecular flexibility index (Phi) is 5.71. The molecule has 1 saturated carbocycles. The fraction of sp³-hybridized carbons (Fsp3) is 0.360. The van der Waals surface area contributed by atoms with E-state index in [1.807, 2.05) is 48.1 Å². The van der Waals surface area contributed by atoms with Crippen molar-refractivity contribution in [1.82, 2.24) is 29.6 Å². The predicted octanol–water partition coefficient (Wildman–Crippen LogP) is 4.14. The van der Waals surface area contributed by atoms with Crippen molar-refractivity contribution in [2.75, 3.05) is 6.54 Å². The van der Waals surface area contributed by atoms with Crippen LogP contribution in [0.15, 0.2) is 55.0 Å². The van der Waals surface area contributed by atoms with Gasteiger partial charge in [0.05, 0.1) is 13.0 Å². The number of nitrogens with zero attached hydrogens (tertiary/aromatic N) is 5. The molecule has 0 atom stereocenters. The maximum absolute atomic E-state index is 13.4. The fourth-order valence-electron chi connectivity index (χ4n) is 4.73. The Bertz CT molecular complexity index is 1210. The summed E-state index contributed by atoms with van der Waals surface area (Å²) >= 11 is 0. The van der Waals surface area contributed by atoms with Crippen molar-refractivity contribution in [3.8, 4) is 11.4 Å². The normalized spacial score (nSPS) is 14.3. The third-order valence-electron chi connectivity index (χ3n) is 6.45. The van der Waals surface area contributed by atoms with Crippen LogP contribution in [0.5, 0.6) is 0 Å². The molecule has 0 aliphatic heterocycles. The molecule has 4 aromatic rings. The van der Waals surface area contributed by atoms with Crippen LogP contribution in [0.25, 0.3) is 22.3 Å². The lowest BCUT2D eigenvalue weighted by molar-refractivity contribution is -0.132. The van der Waals surface area contributed by atoms with Gasteiger partial charge in [-0.05, 0) is 43.5 Å². The molecule has 0 saturated heterocycles. The molecule has 1 N–H and O–H groups in total. The van der Waals surface area contributed by atoms with Crippen LogP contribution in [0.2, 0.25) is 0 Å². The second-order valence-corrected chi connectivity index (χ2v) is 8.50. The molecule has 1 aliphatic carbocycles. The maximum atomic E-state index is 13.4. The summed E-state index contributed by atoms with van der Waals surface area (Å²) in [5.41, 5.74) is 3.08. The average Bonchev–Trinajstić information content (AvgIpc) is 3.56. The maximum Gasteiger partial charge on any atom is 0.227 e. The van der Waals surface area contributed by atoms with Crippen LogP contribution in [0.1, 0.15) is 37.1 Å². The highest BCUT2D eigenvalue weighted by Gasteiger charge is 2.27. The van der Waals surface area contributed by atoms with Crippen molar-refractivity contribution in [3.05, 3.63) is 66.4 Å². The van der Waals surface area contributed by atoms with Crippen LogP contribution in [0.3, 0.4) is 0 Å². The Labute approximate surface area is 187 Å². The van der Waals surface area contributed by atoms with E-state index in [9.17, 15) is 4.79 Å². The van der Waals surface area contributed by atoms with Crippen molar-refractivity contribution >= 4 is 16.8 Å². The van der Waals surface area contributed by atoms with Gasteiger partial charge >= 0.3 is 0 Å². The van der Waals surface area contributed by atoms with E-state index in [1.165, 1.54) is 12.8 Å². The van der Waals surface area contributed by atoms with E-state index in [2.05, 4.69) is 31.0 Å². The number of carbonyl (C=O) groups excluding carboxylic acids is 1. The smallest absolute Gasteiger partial charge is 0.227 e. The molecule has 1 aromatic carbocycles. The third-order valence-corrected chi connectivity index (χ3v) is 6.45. The molecule has 1 amide bonds. The van der Waals surface area contributed by atoms with Crippen molar-refractivity contribution in [2.45, 2.75) is 51.6 Å². The number of carbonyl (C=O) groups is 1. The van der Waals surface area contributed by atoms with Crippen LogP contribution in [0, 0.1) is 6.92 Å². The number of nitrogens with one attached hydrogen (secondary N) is 1. The minimum Gasteiger partial charge on any atom is -0.361 e. The van der Waals surface area contributed by atoms with Crippen molar-refractivity contribution in [2.24, 2.45) is 0 Å². The number of hydrogen-bond donors (Lipinski definition) is 1. The number of hydrogen-bond acceptors (Lipinski definition) is 4. The number of aromatic amines is 1. The van der Waals surface area contributed by atoms with Gasteiger partial charge in [0, 0.05) is 47.6 Å². The number of benzene rings is 1. The number of pyridine rings is 1. The molecular formula is C25H28N6O. The standard InChI is InChI=1S/C25H28N6O/c1-18-28-25(19-10-12-26-13-11-19)29-31(18)15-14-30(21-6-2-3-7-21)24(32)16-20-17-27-23-9-5-4-8-22(20)23/h4-5,8-13,17,21,27H,2-3,6-7,14-16H2,1H3. The van der Waals surface area contributed by atoms with E-state index >= 15 is 0 Å². The van der Waals surface area contributed by atoms with E-state index in [0.717, 1.165) is 40.7 Å². The van der Waals surface area contributed by atoms with Gasteiger partial charge in [-0.3, -0.25) is 9.78 Å². The van der Waals surface area contributed by atoms with Gasteiger partial charge in [0.1, 0.15) is 5.82 Å². The molecule has 0 radical (unpaired) electrons. The molecule has 5 rings (SSSR count). The van der Waals surface area contributed by atoms with Crippen molar-refractivity contribution < 1.29 is 4.79 Å². The summed E-state index contributed by atoms with van der Waals surface area (Å²) in [6.45, 7) is 3.25. The number of fused-ring (bicyclic) bond motifs is 1. The number of para-hydroxylation sites is 1. The SMILES string of the molecule is Cc1nc(-c2ccncc2)nn1CCN(C(=O)Cc1c[nH]c2ccccc12)C1CCCC1. The summed E-state index contributed by atoms with van der Waals surface area (Å²) in [5.74, 6) is 1.74. The third kappa shape index (κ3) is 4.15. The van der Waals surface area contributed by atoms with E-state index in [4.69, 9.17) is 0 Å². The van der Waals surface area contributed by atoms with Crippen molar-refractivity contribution in [3.63, 3.8) is 0 Å². The summed E-state index contributed by atoms with van der Waals surface area (Å²) in [6.07, 6.45) is 10.4. The molecule has 1 aliphatic rings. The first-order chi connectivity index (χ1) is 15.7. The Morgan fingerprint density at radius 2 is 1.94 bits per heavy atom. The zero-order valence-electron chi connectivity index (χ0n) is 18.4. The topological polar surface area (TPSA) is 79.7 Å². The Morgan fingerprint density at radius 3 is 2.75 bits per heavy atom. The van der Waals surface area contributed by atoms with Gasteiger partial charge in [0.15, 0.2) is 5.82 Å². The van der Waals surface area contributed by atoms with E-state index in [-0.39, 0.29) is 5.91 Å². The monoisotopic (exact) mass is 428 g/mol. The molecule has 0 unspecified atom stereocenters. The summed E-state index contributed by atoms with van der Waals surface area (Å²) < 4.78 is 1.91. The number of H-pyrrole nitrogens is 1. The van der Waals surface area contributed by atoms with Gasteiger partial charge in [-0.15, -0.1) is 0 Å². The second kappa shape index (κ2) is 8.94. The number of aryl methyl sites for hydroxylation is 1. The second-order valence-electron chi connectivity index (χ2n) is 8.50. The summed E-state index contributed by atoms with van der Waals surface area (Å²) in [6, 6.07) is 12.3. The van der Waals surface area contributed by atoms with Crippen LogP contribution >= 0.6 is 0 Å². The van der Waals surface area contributed by atoms with Crippen LogP contribution < -0.4 is 0 Å². The molecule has 164 valence electrons. The highest BCUT2D eigenvalue weighted by molar-refractivity contribution is 5.89. The lowest BCUT2D eigenvalue weighted by atomic mass is 10.1. The van der Waals surface area contributed by atoms with Gasteiger partial charge in [-0.2, -0.15) is 5.10 Å². The van der Waals surface area contributed by atoms with Crippen LogP contribution in [0.4, 0.5) is 0 Å². The molecule has 1 fully saturated rings. The molecule has 0 spiro atoms. The minimum absolute atomic E-state index is 0.189. The molecule has 32 heavy (non-hydrogen) atoms. The predicted molar refractivity (Wildman–Crippen MR) is 124 cm³/mol. The van der Waals surface area contributed by atoms with Crippen LogP contribution in [-0.2, 0) is 17.8 Å². The Morgan fingerprint density at radius 1 is 1.16 bits per heavy atom. The Balaban J connectivity index is 1.33. The first-order valence-electron chi connectivity index (χ1n) is 11.4. The number of rotatable bonds is 7. The first kappa shape index (κ1) is 20.4. The molecular weight excluding hydrogens is 400 g/mol. The summed E-state index contributed by atoms with van der Waals surface area (Å²) in [5, 5.41) is 5.82.